The third-order valence-electron chi connectivity index (χ3n) is 5.57. The number of hydrogen-bond acceptors (Lipinski definition) is 4. The predicted octanol–water partition coefficient (Wildman–Crippen LogP) is 4.93. The highest BCUT2D eigenvalue weighted by Gasteiger charge is 2.28. The molecule has 0 spiro atoms. The Bertz CT molecular complexity index is 1190. The summed E-state index contributed by atoms with van der Waals surface area (Å²) < 4.78 is 33.1. The predicted molar refractivity (Wildman–Crippen MR) is 136 cm³/mol. The number of nitrogens with zero attached hydrogens (tertiary/aromatic N) is 1. The first-order valence-corrected chi connectivity index (χ1v) is 12.9. The first-order chi connectivity index (χ1) is 16.3. The topological polar surface area (TPSA) is 75.7 Å². The fourth-order valence-corrected chi connectivity index (χ4v) is 5.28. The van der Waals surface area contributed by atoms with Crippen LogP contribution in [0.2, 0.25) is 5.02 Å². The number of amides is 1. The Labute approximate surface area is 206 Å². The van der Waals surface area contributed by atoms with Crippen molar-refractivity contribution in [1.82, 2.24) is 5.32 Å². The van der Waals surface area contributed by atoms with Crippen molar-refractivity contribution >= 4 is 33.2 Å². The highest BCUT2D eigenvalue weighted by Crippen LogP contribution is 2.31. The van der Waals surface area contributed by atoms with Crippen LogP contribution < -0.4 is 14.4 Å². The van der Waals surface area contributed by atoms with Crippen molar-refractivity contribution in [3.63, 3.8) is 0 Å². The SMILES string of the molecule is CCC(CNC(=O)CN(c1ccc(OC)c(Cl)c1)S(=O)(=O)c1ccccc1)Cc1ccccc1. The molecule has 1 amide bonds. The van der Waals surface area contributed by atoms with Gasteiger partial charge in [0.05, 0.1) is 22.7 Å². The fourth-order valence-electron chi connectivity index (χ4n) is 3.60. The minimum Gasteiger partial charge on any atom is -0.495 e. The van der Waals surface area contributed by atoms with Gasteiger partial charge in [-0.2, -0.15) is 0 Å². The zero-order chi connectivity index (χ0) is 24.6. The van der Waals surface area contributed by atoms with Gasteiger partial charge in [-0.25, -0.2) is 8.42 Å². The summed E-state index contributed by atoms with van der Waals surface area (Å²) >= 11 is 6.26. The first kappa shape index (κ1) is 25.6. The molecule has 6 nitrogen and oxygen atoms in total. The van der Waals surface area contributed by atoms with Gasteiger partial charge in [-0.1, -0.05) is 73.5 Å². The minimum atomic E-state index is -4.01. The molecule has 0 aliphatic heterocycles. The van der Waals surface area contributed by atoms with Crippen LogP contribution in [-0.2, 0) is 21.2 Å². The summed E-state index contributed by atoms with van der Waals surface area (Å²) in [7, 11) is -2.53. The van der Waals surface area contributed by atoms with Crippen LogP contribution in [0.3, 0.4) is 0 Å². The van der Waals surface area contributed by atoms with E-state index in [1.807, 2.05) is 18.2 Å². The monoisotopic (exact) mass is 500 g/mol. The number of hydrogen-bond donors (Lipinski definition) is 1. The van der Waals surface area contributed by atoms with Gasteiger partial charge in [0.15, 0.2) is 0 Å². The smallest absolute Gasteiger partial charge is 0.264 e. The second-order valence-corrected chi connectivity index (χ2v) is 10.2. The molecule has 0 aliphatic rings. The van der Waals surface area contributed by atoms with Gasteiger partial charge in [0.25, 0.3) is 10.0 Å². The lowest BCUT2D eigenvalue weighted by Gasteiger charge is -2.25. The molecule has 180 valence electrons. The molecular formula is C26H29ClN2O4S. The van der Waals surface area contributed by atoms with Crippen molar-refractivity contribution in [3.05, 3.63) is 89.4 Å². The molecule has 0 saturated carbocycles. The maximum atomic E-state index is 13.4. The highest BCUT2D eigenvalue weighted by atomic mass is 35.5. The number of methoxy groups -OCH3 is 1. The lowest BCUT2D eigenvalue weighted by molar-refractivity contribution is -0.119. The number of halogens is 1. The Kier molecular flexibility index (Phi) is 8.96. The van der Waals surface area contributed by atoms with Gasteiger partial charge in [-0.3, -0.25) is 9.10 Å². The van der Waals surface area contributed by atoms with Crippen LogP contribution in [0.4, 0.5) is 5.69 Å². The van der Waals surface area contributed by atoms with Gasteiger partial charge in [-0.15, -0.1) is 0 Å². The second kappa shape index (κ2) is 11.9. The number of ether oxygens (including phenoxy) is 1. The first-order valence-electron chi connectivity index (χ1n) is 11.1. The van der Waals surface area contributed by atoms with Crippen molar-refractivity contribution in [2.24, 2.45) is 5.92 Å². The molecule has 3 rings (SSSR count). The molecule has 1 N–H and O–H groups in total. The van der Waals surface area contributed by atoms with Gasteiger partial charge in [-0.05, 0) is 48.2 Å². The number of nitrogens with one attached hydrogen (secondary N) is 1. The molecule has 34 heavy (non-hydrogen) atoms. The highest BCUT2D eigenvalue weighted by molar-refractivity contribution is 7.92. The Morgan fingerprint density at radius 3 is 2.26 bits per heavy atom. The summed E-state index contributed by atoms with van der Waals surface area (Å²) in [5.41, 5.74) is 1.48. The maximum Gasteiger partial charge on any atom is 0.264 e. The molecule has 1 atom stereocenters. The summed E-state index contributed by atoms with van der Waals surface area (Å²) in [5, 5.41) is 3.16. The van der Waals surface area contributed by atoms with E-state index in [2.05, 4.69) is 24.4 Å². The molecule has 3 aromatic rings. The van der Waals surface area contributed by atoms with Gasteiger partial charge in [0.2, 0.25) is 5.91 Å². The van der Waals surface area contributed by atoms with Crippen LogP contribution in [0.1, 0.15) is 18.9 Å². The molecule has 0 aliphatic carbocycles. The molecular weight excluding hydrogens is 472 g/mol. The van der Waals surface area contributed by atoms with Crippen LogP contribution >= 0.6 is 11.6 Å². The Balaban J connectivity index is 1.79. The van der Waals surface area contributed by atoms with Crippen LogP contribution in [0.15, 0.2) is 83.8 Å². The van der Waals surface area contributed by atoms with E-state index in [1.165, 1.54) is 30.9 Å². The molecule has 0 radical (unpaired) electrons. The largest absolute Gasteiger partial charge is 0.495 e. The lowest BCUT2D eigenvalue weighted by atomic mass is 9.97. The van der Waals surface area contributed by atoms with Crippen molar-refractivity contribution in [3.8, 4) is 5.75 Å². The van der Waals surface area contributed by atoms with Gasteiger partial charge < -0.3 is 10.1 Å². The Morgan fingerprint density at radius 2 is 1.68 bits per heavy atom. The molecule has 0 aromatic heterocycles. The van der Waals surface area contributed by atoms with Crippen LogP contribution in [0.5, 0.6) is 5.75 Å². The number of carbonyl (C=O) groups is 1. The maximum absolute atomic E-state index is 13.4. The third kappa shape index (κ3) is 6.52. The average Bonchev–Trinajstić information content (AvgIpc) is 2.86. The van der Waals surface area contributed by atoms with E-state index in [0.717, 1.165) is 17.1 Å². The molecule has 0 bridgehead atoms. The quantitative estimate of drug-likeness (QED) is 0.405. The average molecular weight is 501 g/mol. The van der Waals surface area contributed by atoms with E-state index in [1.54, 1.807) is 30.3 Å². The number of carbonyl (C=O) groups excluding carboxylic acids is 1. The van der Waals surface area contributed by atoms with E-state index in [4.69, 9.17) is 16.3 Å². The summed E-state index contributed by atoms with van der Waals surface area (Å²) in [6, 6.07) is 22.7. The number of anilines is 1. The molecule has 1 unspecified atom stereocenters. The summed E-state index contributed by atoms with van der Waals surface area (Å²) in [6.45, 7) is 2.15. The number of benzene rings is 3. The number of rotatable bonds is 11. The second-order valence-electron chi connectivity index (χ2n) is 7.91. The number of sulfonamides is 1. The van der Waals surface area contributed by atoms with Gasteiger partial charge in [0, 0.05) is 6.54 Å². The normalized spacial score (nSPS) is 12.1. The van der Waals surface area contributed by atoms with Crippen molar-refractivity contribution in [1.29, 1.82) is 0 Å². The fraction of sp³-hybridized carbons (Fsp3) is 0.269. The minimum absolute atomic E-state index is 0.0882. The Hall–Kier alpha value is -3.03. The summed E-state index contributed by atoms with van der Waals surface area (Å²) in [4.78, 5) is 13.0. The van der Waals surface area contributed by atoms with E-state index < -0.39 is 15.9 Å². The molecule has 0 saturated heterocycles. The van der Waals surface area contributed by atoms with E-state index in [-0.39, 0.29) is 28.1 Å². The van der Waals surface area contributed by atoms with Crippen LogP contribution in [0, 0.1) is 5.92 Å². The molecule has 3 aromatic carbocycles. The zero-order valence-electron chi connectivity index (χ0n) is 19.3. The summed E-state index contributed by atoms with van der Waals surface area (Å²) in [6.07, 6.45) is 1.72. The van der Waals surface area contributed by atoms with Crippen molar-refractivity contribution in [2.45, 2.75) is 24.7 Å². The van der Waals surface area contributed by atoms with Crippen LogP contribution in [0.25, 0.3) is 0 Å². The van der Waals surface area contributed by atoms with E-state index in [0.29, 0.717) is 12.3 Å². The van der Waals surface area contributed by atoms with Crippen molar-refractivity contribution in [2.75, 3.05) is 24.5 Å². The lowest BCUT2D eigenvalue weighted by Crippen LogP contribution is -2.42. The standard InChI is InChI=1S/C26H29ClN2O4S/c1-3-20(16-21-10-6-4-7-11-21)18-28-26(30)19-29(22-14-15-25(33-2)24(27)17-22)34(31,32)23-12-8-5-9-13-23/h4-15,17,20H,3,16,18-19H2,1-2H3,(H,28,30). The van der Waals surface area contributed by atoms with E-state index in [9.17, 15) is 13.2 Å². The summed E-state index contributed by atoms with van der Waals surface area (Å²) in [5.74, 6) is 0.262. The van der Waals surface area contributed by atoms with Crippen molar-refractivity contribution < 1.29 is 17.9 Å². The molecule has 0 heterocycles. The molecule has 0 fully saturated rings. The van der Waals surface area contributed by atoms with Gasteiger partial charge in [0.1, 0.15) is 12.3 Å². The van der Waals surface area contributed by atoms with Gasteiger partial charge >= 0.3 is 0 Å². The molecule has 8 heteroatoms. The zero-order valence-corrected chi connectivity index (χ0v) is 20.9. The Morgan fingerprint density at radius 1 is 1.03 bits per heavy atom. The van der Waals surface area contributed by atoms with Crippen LogP contribution in [-0.4, -0.2) is 34.5 Å². The third-order valence-corrected chi connectivity index (χ3v) is 7.66. The van der Waals surface area contributed by atoms with E-state index >= 15 is 0 Å².